The molecule has 0 spiro atoms. The maximum absolute atomic E-state index is 5.70. The molecule has 0 saturated carbocycles. The van der Waals surface area contributed by atoms with Gasteiger partial charge in [-0.1, -0.05) is 6.92 Å². The SMILES string of the molecule is CCc1ccc(-c2cnc(CNCCOC)o2)s1. The van der Waals surface area contributed by atoms with Crippen LogP contribution in [-0.4, -0.2) is 25.2 Å². The molecule has 18 heavy (non-hydrogen) atoms. The van der Waals surface area contributed by atoms with Crippen LogP contribution in [0.4, 0.5) is 0 Å². The average molecular weight is 266 g/mol. The summed E-state index contributed by atoms with van der Waals surface area (Å²) < 4.78 is 10.7. The van der Waals surface area contributed by atoms with E-state index in [-0.39, 0.29) is 0 Å². The van der Waals surface area contributed by atoms with Crippen molar-refractivity contribution in [3.63, 3.8) is 0 Å². The number of hydrogen-bond acceptors (Lipinski definition) is 5. The van der Waals surface area contributed by atoms with Crippen LogP contribution in [0.3, 0.4) is 0 Å². The monoisotopic (exact) mass is 266 g/mol. The van der Waals surface area contributed by atoms with Crippen LogP contribution < -0.4 is 5.32 Å². The fraction of sp³-hybridized carbons (Fsp3) is 0.462. The Kier molecular flexibility index (Phi) is 4.92. The quantitative estimate of drug-likeness (QED) is 0.783. The highest BCUT2D eigenvalue weighted by Gasteiger charge is 2.08. The predicted molar refractivity (Wildman–Crippen MR) is 72.8 cm³/mol. The van der Waals surface area contributed by atoms with Crippen molar-refractivity contribution < 1.29 is 9.15 Å². The van der Waals surface area contributed by atoms with Crippen molar-refractivity contribution >= 4 is 11.3 Å². The summed E-state index contributed by atoms with van der Waals surface area (Å²) in [6.45, 7) is 4.28. The fourth-order valence-electron chi connectivity index (χ4n) is 1.58. The number of ether oxygens (including phenoxy) is 1. The third-order valence-corrected chi connectivity index (χ3v) is 3.81. The van der Waals surface area contributed by atoms with Gasteiger partial charge < -0.3 is 14.5 Å². The minimum atomic E-state index is 0.634. The molecule has 2 aromatic heterocycles. The van der Waals surface area contributed by atoms with Crippen LogP contribution in [0.15, 0.2) is 22.7 Å². The molecule has 0 amide bonds. The van der Waals surface area contributed by atoms with Crippen LogP contribution in [0.1, 0.15) is 17.7 Å². The van der Waals surface area contributed by atoms with Gasteiger partial charge in [-0.15, -0.1) is 11.3 Å². The van der Waals surface area contributed by atoms with Crippen LogP contribution in [0.5, 0.6) is 0 Å². The number of rotatable bonds is 7. The highest BCUT2D eigenvalue weighted by Crippen LogP contribution is 2.28. The van der Waals surface area contributed by atoms with Crippen molar-refractivity contribution in [1.29, 1.82) is 0 Å². The smallest absolute Gasteiger partial charge is 0.208 e. The Balaban J connectivity index is 1.93. The maximum Gasteiger partial charge on any atom is 0.208 e. The van der Waals surface area contributed by atoms with Crippen LogP contribution in [-0.2, 0) is 17.7 Å². The lowest BCUT2D eigenvalue weighted by Crippen LogP contribution is -2.18. The first-order chi connectivity index (χ1) is 8.83. The van der Waals surface area contributed by atoms with Crippen molar-refractivity contribution in [2.75, 3.05) is 20.3 Å². The summed E-state index contributed by atoms with van der Waals surface area (Å²) in [5.41, 5.74) is 0. The number of aromatic nitrogens is 1. The molecule has 5 heteroatoms. The molecule has 0 aliphatic carbocycles. The lowest BCUT2D eigenvalue weighted by molar-refractivity contribution is 0.198. The van der Waals surface area contributed by atoms with Gasteiger partial charge in [0.2, 0.25) is 5.89 Å². The number of hydrogen-bond donors (Lipinski definition) is 1. The molecule has 0 unspecified atom stereocenters. The number of aryl methyl sites for hydroxylation is 1. The lowest BCUT2D eigenvalue weighted by atomic mass is 10.3. The van der Waals surface area contributed by atoms with Gasteiger partial charge in [-0.05, 0) is 18.6 Å². The second-order valence-electron chi connectivity index (χ2n) is 3.91. The number of oxazole rings is 1. The third kappa shape index (κ3) is 3.41. The minimum Gasteiger partial charge on any atom is -0.438 e. The normalized spacial score (nSPS) is 11.0. The molecule has 2 aromatic rings. The van der Waals surface area contributed by atoms with E-state index in [1.165, 1.54) is 4.88 Å². The van der Waals surface area contributed by atoms with E-state index in [1.54, 1.807) is 24.6 Å². The summed E-state index contributed by atoms with van der Waals surface area (Å²) in [6.07, 6.45) is 2.85. The molecule has 0 saturated heterocycles. The highest BCUT2D eigenvalue weighted by atomic mass is 32.1. The molecule has 0 aliphatic rings. The molecule has 2 heterocycles. The molecule has 1 N–H and O–H groups in total. The molecular weight excluding hydrogens is 248 g/mol. The summed E-state index contributed by atoms with van der Waals surface area (Å²) in [7, 11) is 1.69. The Morgan fingerprint density at radius 3 is 3.06 bits per heavy atom. The van der Waals surface area contributed by atoms with Gasteiger partial charge in [-0.25, -0.2) is 4.98 Å². The van der Waals surface area contributed by atoms with E-state index < -0.39 is 0 Å². The zero-order valence-electron chi connectivity index (χ0n) is 10.7. The Labute approximate surface area is 111 Å². The first-order valence-electron chi connectivity index (χ1n) is 6.07. The lowest BCUT2D eigenvalue weighted by Gasteiger charge is -1.99. The third-order valence-electron chi connectivity index (χ3n) is 2.57. The maximum atomic E-state index is 5.70. The number of nitrogens with zero attached hydrogens (tertiary/aromatic N) is 1. The molecule has 4 nitrogen and oxygen atoms in total. The molecule has 2 rings (SSSR count). The molecule has 0 aromatic carbocycles. The minimum absolute atomic E-state index is 0.634. The van der Waals surface area contributed by atoms with Gasteiger partial charge >= 0.3 is 0 Å². The largest absolute Gasteiger partial charge is 0.438 e. The van der Waals surface area contributed by atoms with Crippen molar-refractivity contribution in [3.8, 4) is 10.6 Å². The molecule has 0 atom stereocenters. The van der Waals surface area contributed by atoms with Crippen molar-refractivity contribution in [2.24, 2.45) is 0 Å². The standard InChI is InChI=1S/C13H18N2O2S/c1-3-10-4-5-12(18-10)11-8-15-13(17-11)9-14-6-7-16-2/h4-5,8,14H,3,6-7,9H2,1-2H3. The molecule has 0 aliphatic heterocycles. The van der Waals surface area contributed by atoms with E-state index in [4.69, 9.17) is 9.15 Å². The molecular formula is C13H18N2O2S. The summed E-state index contributed by atoms with van der Waals surface area (Å²) in [4.78, 5) is 6.77. The van der Waals surface area contributed by atoms with Gasteiger partial charge in [-0.2, -0.15) is 0 Å². The Morgan fingerprint density at radius 1 is 1.44 bits per heavy atom. The van der Waals surface area contributed by atoms with Gasteiger partial charge in [0.15, 0.2) is 5.76 Å². The zero-order valence-corrected chi connectivity index (χ0v) is 11.5. The highest BCUT2D eigenvalue weighted by molar-refractivity contribution is 7.15. The number of methoxy groups -OCH3 is 1. The van der Waals surface area contributed by atoms with E-state index >= 15 is 0 Å². The van der Waals surface area contributed by atoms with Crippen molar-refractivity contribution in [1.82, 2.24) is 10.3 Å². The molecule has 98 valence electrons. The molecule has 0 radical (unpaired) electrons. The predicted octanol–water partition coefficient (Wildman–Crippen LogP) is 2.70. The summed E-state index contributed by atoms with van der Waals surface area (Å²) in [5, 5.41) is 3.21. The summed E-state index contributed by atoms with van der Waals surface area (Å²) >= 11 is 1.76. The zero-order chi connectivity index (χ0) is 12.8. The average Bonchev–Trinajstić information content (AvgIpc) is 3.03. The Hall–Kier alpha value is -1.17. The van der Waals surface area contributed by atoms with Gasteiger partial charge in [0, 0.05) is 18.5 Å². The van der Waals surface area contributed by atoms with Gasteiger partial charge in [-0.3, -0.25) is 0 Å². The fourth-order valence-corrected chi connectivity index (χ4v) is 2.47. The van der Waals surface area contributed by atoms with Crippen LogP contribution >= 0.6 is 11.3 Å². The second-order valence-corrected chi connectivity index (χ2v) is 5.08. The van der Waals surface area contributed by atoms with Crippen molar-refractivity contribution in [3.05, 3.63) is 29.1 Å². The number of nitrogens with one attached hydrogen (secondary N) is 1. The second kappa shape index (κ2) is 6.68. The van der Waals surface area contributed by atoms with Crippen LogP contribution in [0, 0.1) is 0 Å². The number of thiophene rings is 1. The Morgan fingerprint density at radius 2 is 2.33 bits per heavy atom. The topological polar surface area (TPSA) is 47.3 Å². The Bertz CT molecular complexity index is 479. The van der Waals surface area contributed by atoms with Crippen molar-refractivity contribution in [2.45, 2.75) is 19.9 Å². The van der Waals surface area contributed by atoms with Gasteiger partial charge in [0.1, 0.15) is 0 Å². The van der Waals surface area contributed by atoms with Gasteiger partial charge in [0.25, 0.3) is 0 Å². The van der Waals surface area contributed by atoms with E-state index in [0.29, 0.717) is 19.0 Å². The van der Waals surface area contributed by atoms with E-state index in [2.05, 4.69) is 29.4 Å². The molecule has 0 bridgehead atoms. The van der Waals surface area contributed by atoms with E-state index in [0.717, 1.165) is 23.6 Å². The summed E-state index contributed by atoms with van der Waals surface area (Å²) in [5.74, 6) is 1.57. The molecule has 0 fully saturated rings. The first kappa shape index (κ1) is 13.3. The van der Waals surface area contributed by atoms with Gasteiger partial charge in [0.05, 0.1) is 24.2 Å². The van der Waals surface area contributed by atoms with Crippen LogP contribution in [0.2, 0.25) is 0 Å². The van der Waals surface area contributed by atoms with Crippen LogP contribution in [0.25, 0.3) is 10.6 Å². The van der Waals surface area contributed by atoms with E-state index in [9.17, 15) is 0 Å². The summed E-state index contributed by atoms with van der Waals surface area (Å²) in [6, 6.07) is 4.23. The first-order valence-corrected chi connectivity index (χ1v) is 6.88. The van der Waals surface area contributed by atoms with E-state index in [1.807, 2.05) is 0 Å².